The van der Waals surface area contributed by atoms with E-state index in [0.29, 0.717) is 11.6 Å². The normalized spacial score (nSPS) is 12.7. The van der Waals surface area contributed by atoms with Gasteiger partial charge in [0.25, 0.3) is 0 Å². The summed E-state index contributed by atoms with van der Waals surface area (Å²) in [6.07, 6.45) is 1.15. The van der Waals surface area contributed by atoms with Gasteiger partial charge in [-0.1, -0.05) is 28.9 Å². The first-order valence-corrected chi connectivity index (χ1v) is 7.67. The fourth-order valence-electron chi connectivity index (χ4n) is 1.83. The maximum Gasteiger partial charge on any atom is 0.335 e. The molecule has 0 aliphatic carbocycles. The smallest absolute Gasteiger partial charge is 0.335 e. The van der Waals surface area contributed by atoms with Gasteiger partial charge in [-0.25, -0.2) is 4.79 Å². The average Bonchev–Trinajstić information content (AvgIpc) is 2.43. The van der Waals surface area contributed by atoms with Gasteiger partial charge in [-0.15, -0.1) is 0 Å². The van der Waals surface area contributed by atoms with E-state index in [1.54, 1.807) is 12.1 Å². The summed E-state index contributed by atoms with van der Waals surface area (Å²) in [7, 11) is 2.13. The number of carbonyl (C=O) groups is 1. The zero-order chi connectivity index (χ0) is 15.1. The number of hydrogen-bond donors (Lipinski definition) is 2. The number of benzene rings is 1. The Balaban J connectivity index is 2.41. The van der Waals surface area contributed by atoms with Crippen molar-refractivity contribution >= 4 is 21.9 Å². The average molecular weight is 343 g/mol. The molecule has 4 nitrogen and oxygen atoms in total. The summed E-state index contributed by atoms with van der Waals surface area (Å²) in [6, 6.07) is 5.72. The summed E-state index contributed by atoms with van der Waals surface area (Å²) < 4.78 is 0.834. The van der Waals surface area contributed by atoms with E-state index in [-0.39, 0.29) is 0 Å². The third-order valence-corrected chi connectivity index (χ3v) is 4.34. The van der Waals surface area contributed by atoms with Crippen LogP contribution in [0.3, 0.4) is 0 Å². The molecule has 20 heavy (non-hydrogen) atoms. The highest BCUT2D eigenvalue weighted by molar-refractivity contribution is 9.10. The van der Waals surface area contributed by atoms with Gasteiger partial charge in [0.1, 0.15) is 0 Å². The number of hydrogen-bond acceptors (Lipinski definition) is 3. The van der Waals surface area contributed by atoms with E-state index in [4.69, 9.17) is 5.11 Å². The van der Waals surface area contributed by atoms with E-state index in [0.717, 1.165) is 36.1 Å². The molecule has 2 N–H and O–H groups in total. The minimum atomic E-state index is -0.902. The Morgan fingerprint density at radius 3 is 2.75 bits per heavy atom. The maximum absolute atomic E-state index is 10.9. The first kappa shape index (κ1) is 17.1. The van der Waals surface area contributed by atoms with Crippen molar-refractivity contribution in [2.75, 3.05) is 20.1 Å². The van der Waals surface area contributed by atoms with Crippen LogP contribution in [0.2, 0.25) is 0 Å². The summed E-state index contributed by atoms with van der Waals surface area (Å²) in [5.74, 6) is -0.902. The lowest BCUT2D eigenvalue weighted by molar-refractivity contribution is 0.0697. The molecule has 0 saturated heterocycles. The van der Waals surface area contributed by atoms with Crippen LogP contribution >= 0.6 is 15.9 Å². The molecule has 1 unspecified atom stereocenters. The van der Waals surface area contributed by atoms with Gasteiger partial charge in [-0.3, -0.25) is 0 Å². The zero-order valence-electron chi connectivity index (χ0n) is 12.3. The summed E-state index contributed by atoms with van der Waals surface area (Å²) >= 11 is 3.42. The van der Waals surface area contributed by atoms with Crippen LogP contribution in [0.15, 0.2) is 22.7 Å². The van der Waals surface area contributed by atoms with E-state index in [2.05, 4.69) is 47.0 Å². The van der Waals surface area contributed by atoms with Crippen LogP contribution in [0.5, 0.6) is 0 Å². The number of rotatable bonds is 8. The molecule has 0 aromatic heterocycles. The molecule has 0 spiro atoms. The highest BCUT2D eigenvalue weighted by Gasteiger charge is 2.08. The lowest BCUT2D eigenvalue weighted by Gasteiger charge is -2.23. The lowest BCUT2D eigenvalue weighted by Crippen LogP contribution is -2.34. The van der Waals surface area contributed by atoms with Gasteiger partial charge in [0.2, 0.25) is 0 Å². The molecule has 0 heterocycles. The molecule has 1 atom stereocenters. The van der Waals surface area contributed by atoms with E-state index in [9.17, 15) is 4.79 Å². The molecule has 0 bridgehead atoms. The first-order valence-electron chi connectivity index (χ1n) is 6.88. The molecule has 0 fully saturated rings. The monoisotopic (exact) mass is 342 g/mol. The van der Waals surface area contributed by atoms with Gasteiger partial charge in [-0.05, 0) is 38.1 Å². The highest BCUT2D eigenvalue weighted by Crippen LogP contribution is 2.18. The van der Waals surface area contributed by atoms with Crippen molar-refractivity contribution < 1.29 is 9.90 Å². The first-order chi connectivity index (χ1) is 9.45. The van der Waals surface area contributed by atoms with E-state index < -0.39 is 5.97 Å². The van der Waals surface area contributed by atoms with Gasteiger partial charge >= 0.3 is 5.97 Å². The molecular formula is C15H23BrN2O2. The molecule has 0 amide bonds. The van der Waals surface area contributed by atoms with Crippen LogP contribution in [-0.2, 0) is 6.54 Å². The molecule has 1 aromatic rings. The van der Waals surface area contributed by atoms with Gasteiger partial charge < -0.3 is 15.3 Å². The topological polar surface area (TPSA) is 52.6 Å². The van der Waals surface area contributed by atoms with Crippen LogP contribution in [0, 0.1) is 0 Å². The van der Waals surface area contributed by atoms with Gasteiger partial charge in [0, 0.05) is 30.1 Å². The molecule has 0 aliphatic heterocycles. The third-order valence-electron chi connectivity index (χ3n) is 3.60. The number of aromatic carboxylic acids is 1. The summed E-state index contributed by atoms with van der Waals surface area (Å²) in [4.78, 5) is 13.2. The number of likely N-dealkylation sites (N-methyl/N-ethyl adjacent to an activating group) is 1. The number of carboxylic acid groups (broad SMARTS) is 1. The van der Waals surface area contributed by atoms with Crippen LogP contribution in [0.4, 0.5) is 0 Å². The Bertz CT molecular complexity index is 451. The van der Waals surface area contributed by atoms with Crippen LogP contribution < -0.4 is 5.32 Å². The molecule has 112 valence electrons. The van der Waals surface area contributed by atoms with Crippen molar-refractivity contribution in [3.63, 3.8) is 0 Å². The van der Waals surface area contributed by atoms with Crippen molar-refractivity contribution in [1.29, 1.82) is 0 Å². The zero-order valence-corrected chi connectivity index (χ0v) is 13.9. The SMILES string of the molecule is CCC(C)N(C)CCNCc1ccc(C(=O)O)cc1Br. The second kappa shape index (κ2) is 8.39. The molecule has 0 radical (unpaired) electrons. The number of nitrogens with one attached hydrogen (secondary N) is 1. The van der Waals surface area contributed by atoms with Crippen LogP contribution in [0.25, 0.3) is 0 Å². The van der Waals surface area contributed by atoms with Crippen molar-refractivity contribution in [2.45, 2.75) is 32.9 Å². The molecular weight excluding hydrogens is 320 g/mol. The second-order valence-electron chi connectivity index (χ2n) is 5.03. The predicted molar refractivity (Wildman–Crippen MR) is 85.2 cm³/mol. The lowest BCUT2D eigenvalue weighted by atomic mass is 10.1. The highest BCUT2D eigenvalue weighted by atomic mass is 79.9. The summed E-state index contributed by atoms with van der Waals surface area (Å²) in [6.45, 7) is 7.06. The van der Waals surface area contributed by atoms with Crippen molar-refractivity contribution in [3.8, 4) is 0 Å². The van der Waals surface area contributed by atoms with Crippen molar-refractivity contribution in [2.24, 2.45) is 0 Å². The van der Waals surface area contributed by atoms with Gasteiger partial charge in [0.15, 0.2) is 0 Å². The number of carboxylic acids is 1. The maximum atomic E-state index is 10.9. The Hall–Kier alpha value is -0.910. The van der Waals surface area contributed by atoms with E-state index >= 15 is 0 Å². The quantitative estimate of drug-likeness (QED) is 0.713. The Morgan fingerprint density at radius 2 is 2.20 bits per heavy atom. The third kappa shape index (κ3) is 5.23. The summed E-state index contributed by atoms with van der Waals surface area (Å²) in [5, 5.41) is 12.3. The molecule has 1 aromatic carbocycles. The van der Waals surface area contributed by atoms with Crippen LogP contribution in [-0.4, -0.2) is 42.2 Å². The Labute approximate surface area is 129 Å². The molecule has 0 aliphatic rings. The second-order valence-corrected chi connectivity index (χ2v) is 5.88. The van der Waals surface area contributed by atoms with Crippen molar-refractivity contribution in [3.05, 3.63) is 33.8 Å². The molecule has 1 rings (SSSR count). The van der Waals surface area contributed by atoms with Crippen LogP contribution in [0.1, 0.15) is 36.2 Å². The van der Waals surface area contributed by atoms with Crippen molar-refractivity contribution in [1.82, 2.24) is 10.2 Å². The van der Waals surface area contributed by atoms with E-state index in [1.165, 1.54) is 0 Å². The number of nitrogens with zero attached hydrogens (tertiary/aromatic N) is 1. The van der Waals surface area contributed by atoms with Gasteiger partial charge in [0.05, 0.1) is 5.56 Å². The van der Waals surface area contributed by atoms with E-state index in [1.807, 2.05) is 6.07 Å². The largest absolute Gasteiger partial charge is 0.478 e. The number of halogens is 1. The standard InChI is InChI=1S/C15H23BrN2O2/c1-4-11(2)18(3)8-7-17-10-13-6-5-12(15(19)20)9-14(13)16/h5-6,9,11,17H,4,7-8,10H2,1-3H3,(H,19,20). The fourth-order valence-corrected chi connectivity index (χ4v) is 2.35. The predicted octanol–water partition coefficient (Wildman–Crippen LogP) is 2.97. The molecule has 0 saturated carbocycles. The van der Waals surface area contributed by atoms with Gasteiger partial charge in [-0.2, -0.15) is 0 Å². The minimum absolute atomic E-state index is 0.303. The minimum Gasteiger partial charge on any atom is -0.478 e. The fraction of sp³-hybridized carbons (Fsp3) is 0.533. The Kier molecular flexibility index (Phi) is 7.19. The Morgan fingerprint density at radius 1 is 1.50 bits per heavy atom. The molecule has 5 heteroatoms. The summed E-state index contributed by atoms with van der Waals surface area (Å²) in [5.41, 5.74) is 1.37.